The molecule has 16 nitrogen and oxygen atoms in total. The molecular formula is C45H52FN9O7S. The minimum atomic E-state index is -4.06. The van der Waals surface area contributed by atoms with Crippen molar-refractivity contribution in [2.45, 2.75) is 50.8 Å². The first-order valence-electron chi connectivity index (χ1n) is 20.9. The molecule has 63 heavy (non-hydrogen) atoms. The lowest BCUT2D eigenvalue weighted by molar-refractivity contribution is 0.0192. The summed E-state index contributed by atoms with van der Waals surface area (Å²) in [6.45, 7) is 9.38. The highest BCUT2D eigenvalue weighted by molar-refractivity contribution is 7.89. The van der Waals surface area contributed by atoms with Gasteiger partial charge in [0.1, 0.15) is 28.7 Å². The number of morpholine rings is 1. The number of aromatic nitrogens is 4. The van der Waals surface area contributed by atoms with Gasteiger partial charge in [0, 0.05) is 82.4 Å². The number of anilines is 4. The maximum absolute atomic E-state index is 16.3. The number of hydrogen-bond donors (Lipinski definition) is 0. The van der Waals surface area contributed by atoms with Gasteiger partial charge in [0.05, 0.1) is 43.7 Å². The molecule has 18 heteroatoms. The summed E-state index contributed by atoms with van der Waals surface area (Å²) in [5.74, 6) is 2.35. The number of sulfonamides is 1. The van der Waals surface area contributed by atoms with Gasteiger partial charge in [0.25, 0.3) is 0 Å². The Morgan fingerprint density at radius 3 is 1.97 bits per heavy atom. The monoisotopic (exact) mass is 881 g/mol. The molecule has 0 aliphatic carbocycles. The lowest BCUT2D eigenvalue weighted by Crippen LogP contribution is -2.51. The molecule has 0 radical (unpaired) electrons. The quantitative estimate of drug-likeness (QED) is 0.142. The molecule has 3 aliphatic rings. The Morgan fingerprint density at radius 1 is 0.810 bits per heavy atom. The van der Waals surface area contributed by atoms with Gasteiger partial charge in [-0.05, 0) is 80.8 Å². The molecule has 0 N–H and O–H groups in total. The van der Waals surface area contributed by atoms with Crippen LogP contribution in [-0.4, -0.2) is 122 Å². The van der Waals surface area contributed by atoms with Crippen molar-refractivity contribution in [3.8, 4) is 22.8 Å². The second kappa shape index (κ2) is 18.3. The molecule has 3 aromatic carbocycles. The lowest BCUT2D eigenvalue weighted by Gasteiger charge is -2.35. The van der Waals surface area contributed by atoms with Gasteiger partial charge in [-0.25, -0.2) is 32.6 Å². The smallest absolute Gasteiger partial charge is 0.410 e. The summed E-state index contributed by atoms with van der Waals surface area (Å²) in [5.41, 5.74) is 3.74. The number of carbonyl (C=O) groups is 1. The van der Waals surface area contributed by atoms with E-state index in [2.05, 4.69) is 4.90 Å². The molecular weight excluding hydrogens is 830 g/mol. The van der Waals surface area contributed by atoms with Gasteiger partial charge in [-0.15, -0.1) is 0 Å². The van der Waals surface area contributed by atoms with E-state index in [1.165, 1.54) is 21.3 Å². The first-order chi connectivity index (χ1) is 30.3. The summed E-state index contributed by atoms with van der Waals surface area (Å²) >= 11 is 0. The fourth-order valence-electron chi connectivity index (χ4n) is 7.78. The van der Waals surface area contributed by atoms with Crippen molar-refractivity contribution in [3.05, 3.63) is 102 Å². The number of amides is 1. The third-order valence-electron chi connectivity index (χ3n) is 11.1. The Kier molecular flexibility index (Phi) is 12.7. The van der Waals surface area contributed by atoms with Crippen LogP contribution < -0.4 is 24.2 Å². The molecule has 2 fully saturated rings. The molecule has 0 unspecified atom stereocenters. The zero-order valence-electron chi connectivity index (χ0n) is 36.2. The highest BCUT2D eigenvalue weighted by Gasteiger charge is 2.35. The van der Waals surface area contributed by atoms with Gasteiger partial charge < -0.3 is 38.5 Å². The number of ether oxygens (including phenoxy) is 4. The van der Waals surface area contributed by atoms with Crippen molar-refractivity contribution >= 4 is 39.5 Å². The standard InChI is InChI=1S/C45H52FN9O7S/c1-45(2,3)62-44(56)52-18-20-54(21-19-52)63(57,58)36-14-15-39(38(46)26-36)55-17-16-37-40(49-43(50-41(37)55)51-22-24-61-25-23-51)33-27-47-42(48-28-33)53(29-31-6-10-34(59-4)11-7-31)30-32-8-12-35(60-5)13-9-32/h6-15,26-28H,16-25,29-30H2,1-5H3. The zero-order chi connectivity index (χ0) is 44.3. The number of piperazine rings is 1. The van der Waals surface area contributed by atoms with Crippen LogP contribution in [0.3, 0.4) is 0 Å². The molecule has 0 saturated carbocycles. The lowest BCUT2D eigenvalue weighted by atomic mass is 10.1. The molecule has 3 aliphatic heterocycles. The van der Waals surface area contributed by atoms with Crippen LogP contribution in [0.15, 0.2) is 84.0 Å². The summed E-state index contributed by atoms with van der Waals surface area (Å²) in [5, 5.41) is 0. The fourth-order valence-corrected chi connectivity index (χ4v) is 9.22. The van der Waals surface area contributed by atoms with Crippen molar-refractivity contribution in [2.75, 3.05) is 87.9 Å². The van der Waals surface area contributed by atoms with E-state index in [-0.39, 0.29) is 36.8 Å². The van der Waals surface area contributed by atoms with Crippen molar-refractivity contribution in [1.82, 2.24) is 29.1 Å². The van der Waals surface area contributed by atoms with E-state index in [0.29, 0.717) is 81.3 Å². The highest BCUT2D eigenvalue weighted by Crippen LogP contribution is 2.41. The third kappa shape index (κ3) is 9.77. The largest absolute Gasteiger partial charge is 0.497 e. The third-order valence-corrected chi connectivity index (χ3v) is 13.0. The fraction of sp³-hybridized carbons (Fsp3) is 0.400. The number of benzene rings is 3. The molecule has 2 aromatic heterocycles. The molecule has 8 rings (SSSR count). The van der Waals surface area contributed by atoms with Gasteiger partial charge in [0.15, 0.2) is 0 Å². The van der Waals surface area contributed by atoms with E-state index in [1.807, 2.05) is 53.4 Å². The van der Waals surface area contributed by atoms with Crippen molar-refractivity contribution in [1.29, 1.82) is 0 Å². The van der Waals surface area contributed by atoms with E-state index >= 15 is 4.39 Å². The molecule has 5 aromatic rings. The number of halogens is 1. The van der Waals surface area contributed by atoms with Crippen molar-refractivity contribution < 1.29 is 36.6 Å². The van der Waals surface area contributed by atoms with Crippen molar-refractivity contribution in [3.63, 3.8) is 0 Å². The number of fused-ring (bicyclic) bond motifs is 1. The molecule has 0 bridgehead atoms. The van der Waals surface area contributed by atoms with E-state index < -0.39 is 27.5 Å². The Balaban J connectivity index is 1.07. The van der Waals surface area contributed by atoms with Gasteiger partial charge >= 0.3 is 6.09 Å². The van der Waals surface area contributed by atoms with Gasteiger partial charge in [-0.1, -0.05) is 24.3 Å². The van der Waals surface area contributed by atoms with Crippen LogP contribution in [-0.2, 0) is 39.0 Å². The van der Waals surface area contributed by atoms with Crippen LogP contribution in [0, 0.1) is 5.82 Å². The van der Waals surface area contributed by atoms with Crippen LogP contribution in [0.25, 0.3) is 11.3 Å². The average Bonchev–Trinajstić information content (AvgIpc) is 3.72. The molecule has 5 heterocycles. The Labute approximate surface area is 367 Å². The van der Waals surface area contributed by atoms with Crippen LogP contribution in [0.4, 0.5) is 32.6 Å². The summed E-state index contributed by atoms with van der Waals surface area (Å²) in [6, 6.07) is 19.8. The molecule has 2 saturated heterocycles. The predicted octanol–water partition coefficient (Wildman–Crippen LogP) is 6.07. The summed E-state index contributed by atoms with van der Waals surface area (Å²) in [7, 11) is -0.780. The maximum atomic E-state index is 16.3. The van der Waals surface area contributed by atoms with E-state index in [9.17, 15) is 13.2 Å². The Hall–Kier alpha value is -6.11. The Morgan fingerprint density at radius 2 is 1.41 bits per heavy atom. The van der Waals surface area contributed by atoms with E-state index in [0.717, 1.165) is 34.3 Å². The number of carbonyl (C=O) groups excluding carboxylic acids is 1. The van der Waals surface area contributed by atoms with E-state index in [4.69, 9.17) is 38.9 Å². The van der Waals surface area contributed by atoms with Gasteiger partial charge in [0.2, 0.25) is 21.9 Å². The second-order valence-corrected chi connectivity index (χ2v) is 18.4. The van der Waals surface area contributed by atoms with Crippen LogP contribution in [0.1, 0.15) is 37.5 Å². The normalized spacial score (nSPS) is 15.9. The SMILES string of the molecule is COc1ccc(CN(Cc2ccc(OC)cc2)c2ncc(-c3nc(N4CCOCC4)nc4c3CCN4c3ccc(S(=O)(=O)N4CCN(C(=O)OC(C)(C)C)CC4)cc3F)cn2)cc1. The summed E-state index contributed by atoms with van der Waals surface area (Å²) in [4.78, 5) is 39.6. The summed E-state index contributed by atoms with van der Waals surface area (Å²) < 4.78 is 66.9. The highest BCUT2D eigenvalue weighted by atomic mass is 32.2. The summed E-state index contributed by atoms with van der Waals surface area (Å²) in [6.07, 6.45) is 3.53. The predicted molar refractivity (Wildman–Crippen MR) is 236 cm³/mol. The topological polar surface area (TPSA) is 156 Å². The second-order valence-electron chi connectivity index (χ2n) is 16.5. The maximum Gasteiger partial charge on any atom is 0.410 e. The molecule has 0 atom stereocenters. The Bertz CT molecular complexity index is 2460. The van der Waals surface area contributed by atoms with Gasteiger partial charge in [-0.2, -0.15) is 9.29 Å². The zero-order valence-corrected chi connectivity index (χ0v) is 37.0. The minimum absolute atomic E-state index is 0.0581. The number of hydrogen-bond acceptors (Lipinski definition) is 14. The molecule has 332 valence electrons. The minimum Gasteiger partial charge on any atom is -0.497 e. The first kappa shape index (κ1) is 43.5. The number of methoxy groups -OCH3 is 2. The van der Waals surface area contributed by atoms with Crippen LogP contribution in [0.2, 0.25) is 0 Å². The first-order valence-corrected chi connectivity index (χ1v) is 22.4. The van der Waals surface area contributed by atoms with E-state index in [1.54, 1.807) is 52.3 Å². The van der Waals surface area contributed by atoms with Crippen LogP contribution >= 0.6 is 0 Å². The molecule has 1 amide bonds. The number of nitrogens with zero attached hydrogens (tertiary/aromatic N) is 9. The van der Waals surface area contributed by atoms with Gasteiger partial charge in [-0.3, -0.25) is 0 Å². The van der Waals surface area contributed by atoms with Crippen LogP contribution in [0.5, 0.6) is 11.5 Å². The molecule has 0 spiro atoms. The van der Waals surface area contributed by atoms with Crippen molar-refractivity contribution in [2.24, 2.45) is 0 Å². The average molecular weight is 882 g/mol. The number of rotatable bonds is 12.